The van der Waals surface area contributed by atoms with Crippen LogP contribution < -0.4 is 10.6 Å². The Morgan fingerprint density at radius 3 is 2.40 bits per heavy atom. The van der Waals surface area contributed by atoms with Gasteiger partial charge in [0.2, 0.25) is 0 Å². The topological polar surface area (TPSA) is 54.0 Å². The number of benzene rings is 2. The fourth-order valence-corrected chi connectivity index (χ4v) is 2.47. The van der Waals surface area contributed by atoms with Gasteiger partial charge in [-0.25, -0.2) is 4.98 Å². The minimum atomic E-state index is -0.139. The Balaban J connectivity index is 1.58. The Hall–Kier alpha value is -2.85. The van der Waals surface area contributed by atoms with Crippen LogP contribution in [0.5, 0.6) is 0 Å². The molecule has 3 aromatic rings. The number of anilines is 1. The molecule has 0 aliphatic carbocycles. The number of carbonyl (C=O) groups excluding carboxylic acids is 1. The molecule has 126 valence electrons. The summed E-state index contributed by atoms with van der Waals surface area (Å²) in [5, 5.41) is 6.81. The van der Waals surface area contributed by atoms with Crippen LogP contribution in [0.1, 0.15) is 21.5 Å². The molecule has 1 aromatic heterocycles. The van der Waals surface area contributed by atoms with Gasteiger partial charge in [0, 0.05) is 29.9 Å². The van der Waals surface area contributed by atoms with Crippen molar-refractivity contribution in [2.45, 2.75) is 13.1 Å². The van der Waals surface area contributed by atoms with E-state index in [1.807, 2.05) is 42.5 Å². The summed E-state index contributed by atoms with van der Waals surface area (Å²) >= 11 is 5.86. The van der Waals surface area contributed by atoms with Crippen LogP contribution in [-0.4, -0.2) is 10.9 Å². The maximum atomic E-state index is 12.3. The normalized spacial score (nSPS) is 10.3. The minimum absolute atomic E-state index is 0.139. The van der Waals surface area contributed by atoms with Crippen molar-refractivity contribution >= 4 is 23.3 Å². The van der Waals surface area contributed by atoms with Crippen molar-refractivity contribution in [3.8, 4) is 0 Å². The second-order valence-corrected chi connectivity index (χ2v) is 6.01. The molecule has 25 heavy (non-hydrogen) atoms. The van der Waals surface area contributed by atoms with Crippen LogP contribution in [0, 0.1) is 0 Å². The number of rotatable bonds is 6. The molecule has 0 unspecified atom stereocenters. The zero-order valence-electron chi connectivity index (χ0n) is 13.6. The number of pyridine rings is 1. The van der Waals surface area contributed by atoms with Crippen LogP contribution in [0.15, 0.2) is 72.9 Å². The van der Waals surface area contributed by atoms with Crippen LogP contribution in [0.3, 0.4) is 0 Å². The average Bonchev–Trinajstić information content (AvgIpc) is 2.67. The molecule has 5 heteroatoms. The zero-order valence-corrected chi connectivity index (χ0v) is 14.3. The second kappa shape index (κ2) is 8.31. The van der Waals surface area contributed by atoms with Gasteiger partial charge in [0.25, 0.3) is 5.91 Å². The third-order valence-corrected chi connectivity index (χ3v) is 3.96. The molecular weight excluding hydrogens is 334 g/mol. The summed E-state index contributed by atoms with van der Waals surface area (Å²) in [5.74, 6) is 0.531. The van der Waals surface area contributed by atoms with Crippen molar-refractivity contribution in [3.63, 3.8) is 0 Å². The molecule has 4 nitrogen and oxygen atoms in total. The molecular formula is C20H18ClN3O. The highest BCUT2D eigenvalue weighted by Gasteiger charge is 2.07. The number of nitrogens with one attached hydrogen (secondary N) is 2. The number of carbonyl (C=O) groups is 1. The van der Waals surface area contributed by atoms with Crippen molar-refractivity contribution in [3.05, 3.63) is 94.6 Å². The molecule has 0 aliphatic heterocycles. The monoisotopic (exact) mass is 351 g/mol. The molecule has 0 bridgehead atoms. The van der Waals surface area contributed by atoms with E-state index in [4.69, 9.17) is 11.6 Å². The first-order chi connectivity index (χ1) is 12.2. The van der Waals surface area contributed by atoms with E-state index in [0.29, 0.717) is 29.5 Å². The fourth-order valence-electron chi connectivity index (χ4n) is 2.34. The molecule has 0 fully saturated rings. The second-order valence-electron chi connectivity index (χ2n) is 5.58. The minimum Gasteiger partial charge on any atom is -0.366 e. The van der Waals surface area contributed by atoms with E-state index in [1.54, 1.807) is 30.5 Å². The summed E-state index contributed by atoms with van der Waals surface area (Å²) in [5.41, 5.74) is 2.72. The first-order valence-electron chi connectivity index (χ1n) is 7.97. The van der Waals surface area contributed by atoms with Gasteiger partial charge < -0.3 is 10.6 Å². The van der Waals surface area contributed by atoms with Gasteiger partial charge in [-0.1, -0.05) is 54.1 Å². The molecule has 2 N–H and O–H groups in total. The molecule has 2 aromatic carbocycles. The molecule has 0 aliphatic rings. The Kier molecular flexibility index (Phi) is 5.65. The molecule has 3 rings (SSSR count). The lowest BCUT2D eigenvalue weighted by Gasteiger charge is -2.09. The number of halogens is 1. The Morgan fingerprint density at radius 1 is 0.920 bits per heavy atom. The van der Waals surface area contributed by atoms with Crippen molar-refractivity contribution in [2.75, 3.05) is 5.32 Å². The van der Waals surface area contributed by atoms with E-state index in [9.17, 15) is 4.79 Å². The molecule has 0 saturated carbocycles. The lowest BCUT2D eigenvalue weighted by molar-refractivity contribution is 0.0951. The number of hydrogen-bond acceptors (Lipinski definition) is 3. The van der Waals surface area contributed by atoms with E-state index >= 15 is 0 Å². The summed E-state index contributed by atoms with van der Waals surface area (Å²) in [4.78, 5) is 16.6. The van der Waals surface area contributed by atoms with Gasteiger partial charge >= 0.3 is 0 Å². The lowest BCUT2D eigenvalue weighted by atomic mass is 10.2. The summed E-state index contributed by atoms with van der Waals surface area (Å²) in [7, 11) is 0. The summed E-state index contributed by atoms with van der Waals surface area (Å²) in [6.45, 7) is 1.11. The van der Waals surface area contributed by atoms with E-state index in [-0.39, 0.29) is 5.91 Å². The van der Waals surface area contributed by atoms with Crippen LogP contribution in [0.2, 0.25) is 5.02 Å². The van der Waals surface area contributed by atoms with E-state index in [1.165, 1.54) is 0 Å². The molecule has 0 radical (unpaired) electrons. The zero-order chi connectivity index (χ0) is 17.5. The molecule has 1 amide bonds. The maximum absolute atomic E-state index is 12.3. The average molecular weight is 352 g/mol. The molecule has 0 saturated heterocycles. The number of aromatic nitrogens is 1. The highest BCUT2D eigenvalue weighted by Crippen LogP contribution is 2.11. The van der Waals surface area contributed by atoms with E-state index in [0.717, 1.165) is 11.1 Å². The molecule has 0 atom stereocenters. The van der Waals surface area contributed by atoms with Crippen molar-refractivity contribution in [2.24, 2.45) is 0 Å². The van der Waals surface area contributed by atoms with Gasteiger partial charge in [0.15, 0.2) is 0 Å². The Bertz CT molecular complexity index is 835. The number of amides is 1. The first kappa shape index (κ1) is 17.0. The van der Waals surface area contributed by atoms with Gasteiger partial charge in [0.05, 0.1) is 0 Å². The number of nitrogens with zero attached hydrogens (tertiary/aromatic N) is 1. The largest absolute Gasteiger partial charge is 0.366 e. The van der Waals surface area contributed by atoms with Gasteiger partial charge in [0.1, 0.15) is 5.82 Å². The third-order valence-electron chi connectivity index (χ3n) is 3.70. The van der Waals surface area contributed by atoms with Crippen molar-refractivity contribution in [1.29, 1.82) is 0 Å². The lowest BCUT2D eigenvalue weighted by Crippen LogP contribution is -2.23. The highest BCUT2D eigenvalue weighted by atomic mass is 35.5. The first-order valence-corrected chi connectivity index (χ1v) is 8.35. The fraction of sp³-hybridized carbons (Fsp3) is 0.100. The van der Waals surface area contributed by atoms with Crippen LogP contribution in [0.4, 0.5) is 5.82 Å². The Labute approximate surface area is 151 Å². The highest BCUT2D eigenvalue weighted by molar-refractivity contribution is 6.30. The molecule has 1 heterocycles. The standard InChI is InChI=1S/C20H18ClN3O/c21-18-8-6-16(7-9-18)14-24-20(25)17-10-11-22-19(12-17)23-13-15-4-2-1-3-5-15/h1-12H,13-14H2,(H,22,23)(H,24,25). The summed E-state index contributed by atoms with van der Waals surface area (Å²) in [6, 6.07) is 20.9. The van der Waals surface area contributed by atoms with Gasteiger partial charge in [-0.2, -0.15) is 0 Å². The van der Waals surface area contributed by atoms with E-state index < -0.39 is 0 Å². The van der Waals surface area contributed by atoms with Gasteiger partial charge in [-0.3, -0.25) is 4.79 Å². The predicted octanol–water partition coefficient (Wildman–Crippen LogP) is 4.28. The maximum Gasteiger partial charge on any atom is 0.251 e. The third kappa shape index (κ3) is 5.06. The van der Waals surface area contributed by atoms with Gasteiger partial charge in [-0.05, 0) is 35.4 Å². The quantitative estimate of drug-likeness (QED) is 0.697. The summed E-state index contributed by atoms with van der Waals surface area (Å²) in [6.07, 6.45) is 1.63. The smallest absolute Gasteiger partial charge is 0.251 e. The number of hydrogen-bond donors (Lipinski definition) is 2. The Morgan fingerprint density at radius 2 is 1.64 bits per heavy atom. The van der Waals surface area contributed by atoms with Crippen LogP contribution >= 0.6 is 11.6 Å². The SMILES string of the molecule is O=C(NCc1ccc(Cl)cc1)c1ccnc(NCc2ccccc2)c1. The van der Waals surface area contributed by atoms with E-state index in [2.05, 4.69) is 15.6 Å². The van der Waals surface area contributed by atoms with Crippen LogP contribution in [-0.2, 0) is 13.1 Å². The summed E-state index contributed by atoms with van der Waals surface area (Å²) < 4.78 is 0. The van der Waals surface area contributed by atoms with Crippen LogP contribution in [0.25, 0.3) is 0 Å². The molecule has 0 spiro atoms. The predicted molar refractivity (Wildman–Crippen MR) is 101 cm³/mol. The van der Waals surface area contributed by atoms with Crippen molar-refractivity contribution in [1.82, 2.24) is 10.3 Å². The van der Waals surface area contributed by atoms with Gasteiger partial charge in [-0.15, -0.1) is 0 Å². The van der Waals surface area contributed by atoms with Crippen molar-refractivity contribution < 1.29 is 4.79 Å².